The molecule has 6 nitrogen and oxygen atoms in total. The van der Waals surface area contributed by atoms with Crippen molar-refractivity contribution in [1.82, 2.24) is 19.1 Å². The number of aromatic nitrogens is 4. The van der Waals surface area contributed by atoms with Crippen LogP contribution in [-0.2, 0) is 0 Å². The molecule has 306 valence electrons. The first-order chi connectivity index (χ1) is 32.6. The van der Waals surface area contributed by atoms with Gasteiger partial charge >= 0.3 is 0 Å². The third-order valence-electron chi connectivity index (χ3n) is 12.6. The number of rotatable bonds is 7. The van der Waals surface area contributed by atoms with Gasteiger partial charge < -0.3 is 9.13 Å². The minimum absolute atomic E-state index is 0.492. The Morgan fingerprint density at radius 2 is 0.758 bits per heavy atom. The van der Waals surface area contributed by atoms with Crippen LogP contribution < -0.4 is 0 Å². The number of nitriles is 2. The standard InChI is InChI=1S/C60H36N6/c61-37-39-14-11-19-42(32-39)50-36-60(66-56-27-10-8-21-47(56)49-31-29-44(34-58(49)66)54-25-13-23-52(64-54)41-17-5-2-6-18-41)59(35-45(50)38-62)65-55-26-9-7-20-46(55)48-30-28-43(33-57(48)65)53-24-12-22-51(63-53)40-15-3-1-4-16-40/h1-36H. The number of hydrogen-bond acceptors (Lipinski definition) is 4. The summed E-state index contributed by atoms with van der Waals surface area (Å²) < 4.78 is 4.63. The van der Waals surface area contributed by atoms with Crippen molar-refractivity contribution < 1.29 is 0 Å². The molecule has 66 heavy (non-hydrogen) atoms. The molecule has 0 radical (unpaired) electrons. The molecule has 8 aromatic carbocycles. The van der Waals surface area contributed by atoms with Gasteiger partial charge in [0.05, 0.1) is 79.5 Å². The Morgan fingerprint density at radius 1 is 0.318 bits per heavy atom. The highest BCUT2D eigenvalue weighted by molar-refractivity contribution is 6.13. The Labute approximate surface area is 380 Å². The van der Waals surface area contributed by atoms with Gasteiger partial charge in [-0.05, 0) is 78.4 Å². The zero-order valence-corrected chi connectivity index (χ0v) is 35.5. The lowest BCUT2D eigenvalue weighted by atomic mass is 9.96. The van der Waals surface area contributed by atoms with Gasteiger partial charge in [-0.3, -0.25) is 0 Å². The summed E-state index contributed by atoms with van der Waals surface area (Å²) in [4.78, 5) is 10.3. The summed E-state index contributed by atoms with van der Waals surface area (Å²) in [5.74, 6) is 0. The van der Waals surface area contributed by atoms with Gasteiger partial charge in [0.25, 0.3) is 0 Å². The van der Waals surface area contributed by atoms with E-state index in [4.69, 9.17) is 9.97 Å². The molecule has 0 aliphatic heterocycles. The molecule has 0 fully saturated rings. The maximum atomic E-state index is 11.1. The second-order valence-corrected chi connectivity index (χ2v) is 16.4. The van der Waals surface area contributed by atoms with Crippen molar-refractivity contribution in [3.63, 3.8) is 0 Å². The largest absolute Gasteiger partial charge is 0.307 e. The summed E-state index contributed by atoms with van der Waals surface area (Å²) in [5.41, 5.74) is 15.8. The summed E-state index contributed by atoms with van der Waals surface area (Å²) in [6, 6.07) is 79.5. The number of pyridine rings is 2. The van der Waals surface area contributed by atoms with Gasteiger partial charge in [-0.25, -0.2) is 9.97 Å². The van der Waals surface area contributed by atoms with Crippen LogP contribution in [0.3, 0.4) is 0 Å². The molecule has 0 unspecified atom stereocenters. The predicted molar refractivity (Wildman–Crippen MR) is 267 cm³/mol. The minimum Gasteiger partial charge on any atom is -0.307 e. The average Bonchev–Trinajstić information content (AvgIpc) is 3.90. The van der Waals surface area contributed by atoms with Crippen LogP contribution in [0.4, 0.5) is 0 Å². The lowest BCUT2D eigenvalue weighted by Crippen LogP contribution is -2.05. The highest BCUT2D eigenvalue weighted by Crippen LogP contribution is 2.42. The minimum atomic E-state index is 0.492. The van der Waals surface area contributed by atoms with Gasteiger partial charge in [-0.15, -0.1) is 0 Å². The van der Waals surface area contributed by atoms with E-state index < -0.39 is 0 Å². The van der Waals surface area contributed by atoms with Crippen molar-refractivity contribution in [3.8, 4) is 79.7 Å². The summed E-state index contributed by atoms with van der Waals surface area (Å²) in [6.07, 6.45) is 0. The first-order valence-electron chi connectivity index (χ1n) is 21.8. The van der Waals surface area contributed by atoms with E-state index in [-0.39, 0.29) is 0 Å². The van der Waals surface area contributed by atoms with Gasteiger partial charge in [0, 0.05) is 49.4 Å². The van der Waals surface area contributed by atoms with Gasteiger partial charge in [-0.2, -0.15) is 10.5 Å². The van der Waals surface area contributed by atoms with E-state index >= 15 is 0 Å². The molecular weight excluding hydrogens is 805 g/mol. The summed E-state index contributed by atoms with van der Waals surface area (Å²) in [5, 5.41) is 25.4. The third-order valence-corrected chi connectivity index (χ3v) is 12.6. The lowest BCUT2D eigenvalue weighted by molar-refractivity contribution is 1.09. The molecule has 4 heterocycles. The Kier molecular flexibility index (Phi) is 9.16. The fourth-order valence-corrected chi connectivity index (χ4v) is 9.53. The Morgan fingerprint density at radius 3 is 1.27 bits per heavy atom. The van der Waals surface area contributed by atoms with Crippen LogP contribution in [0.15, 0.2) is 218 Å². The average molecular weight is 841 g/mol. The van der Waals surface area contributed by atoms with E-state index in [1.165, 1.54) is 0 Å². The molecule has 12 rings (SSSR count). The van der Waals surface area contributed by atoms with Crippen LogP contribution in [0.2, 0.25) is 0 Å². The molecule has 6 heteroatoms. The Hall–Kier alpha value is -9.36. The predicted octanol–water partition coefficient (Wildman–Crippen LogP) is 14.7. The molecule has 0 aliphatic rings. The van der Waals surface area contributed by atoms with Crippen LogP contribution >= 0.6 is 0 Å². The monoisotopic (exact) mass is 840 g/mol. The molecule has 0 spiro atoms. The molecule has 0 bridgehead atoms. The molecule has 0 atom stereocenters. The van der Waals surface area contributed by atoms with Gasteiger partial charge in [0.1, 0.15) is 0 Å². The van der Waals surface area contributed by atoms with Crippen molar-refractivity contribution in [2.24, 2.45) is 0 Å². The normalized spacial score (nSPS) is 11.3. The highest BCUT2D eigenvalue weighted by atomic mass is 15.1. The van der Waals surface area contributed by atoms with E-state index in [1.54, 1.807) is 6.07 Å². The van der Waals surface area contributed by atoms with E-state index in [0.717, 1.165) is 111 Å². The summed E-state index contributed by atoms with van der Waals surface area (Å²) in [6.45, 7) is 0. The zero-order valence-electron chi connectivity index (χ0n) is 35.5. The number of fused-ring (bicyclic) bond motifs is 6. The first-order valence-corrected chi connectivity index (χ1v) is 21.8. The van der Waals surface area contributed by atoms with E-state index in [1.807, 2.05) is 72.8 Å². The van der Waals surface area contributed by atoms with Crippen molar-refractivity contribution in [1.29, 1.82) is 10.5 Å². The molecule has 0 N–H and O–H groups in total. The molecule has 12 aromatic rings. The van der Waals surface area contributed by atoms with Gasteiger partial charge in [0.15, 0.2) is 0 Å². The summed E-state index contributed by atoms with van der Waals surface area (Å²) >= 11 is 0. The lowest BCUT2D eigenvalue weighted by Gasteiger charge is -2.20. The number of benzene rings is 8. The Bertz CT molecular complexity index is 3960. The molecule has 4 aromatic heterocycles. The van der Waals surface area contributed by atoms with E-state index in [0.29, 0.717) is 11.1 Å². The fourth-order valence-electron chi connectivity index (χ4n) is 9.53. The fraction of sp³-hybridized carbons (Fsp3) is 0. The molecule has 0 saturated carbocycles. The smallest absolute Gasteiger partial charge is 0.0998 e. The van der Waals surface area contributed by atoms with Crippen LogP contribution in [0, 0.1) is 22.7 Å². The first kappa shape index (κ1) is 38.3. The second-order valence-electron chi connectivity index (χ2n) is 16.4. The maximum Gasteiger partial charge on any atom is 0.0998 e. The number of nitrogens with zero attached hydrogens (tertiary/aromatic N) is 6. The van der Waals surface area contributed by atoms with Crippen molar-refractivity contribution in [3.05, 3.63) is 230 Å². The maximum absolute atomic E-state index is 11.1. The molecule has 0 saturated heterocycles. The van der Waals surface area contributed by atoms with E-state index in [2.05, 4.69) is 161 Å². The van der Waals surface area contributed by atoms with Crippen LogP contribution in [-0.4, -0.2) is 19.1 Å². The van der Waals surface area contributed by atoms with Crippen molar-refractivity contribution >= 4 is 43.6 Å². The second kappa shape index (κ2) is 15.8. The van der Waals surface area contributed by atoms with Crippen LogP contribution in [0.1, 0.15) is 11.1 Å². The SMILES string of the molecule is N#Cc1cccc(-c2cc(-n3c4ccccc4c4ccc(-c5cccc(-c6ccccc6)n5)cc43)c(-n3c4ccccc4c4ccc(-c5cccc(-c6ccccc6)n5)cc43)cc2C#N)c1. The third kappa shape index (κ3) is 6.41. The zero-order chi connectivity index (χ0) is 44.1. The number of para-hydroxylation sites is 2. The topological polar surface area (TPSA) is 83.2 Å². The number of hydrogen-bond donors (Lipinski definition) is 0. The van der Waals surface area contributed by atoms with Gasteiger partial charge in [-0.1, -0.05) is 146 Å². The van der Waals surface area contributed by atoms with Crippen LogP contribution in [0.5, 0.6) is 0 Å². The van der Waals surface area contributed by atoms with Crippen LogP contribution in [0.25, 0.3) is 111 Å². The summed E-state index contributed by atoms with van der Waals surface area (Å²) in [7, 11) is 0. The quantitative estimate of drug-likeness (QED) is 0.160. The molecule has 0 amide bonds. The van der Waals surface area contributed by atoms with Crippen molar-refractivity contribution in [2.75, 3.05) is 0 Å². The molecule has 0 aliphatic carbocycles. The molecular formula is C60H36N6. The van der Waals surface area contributed by atoms with E-state index in [9.17, 15) is 10.5 Å². The Balaban J connectivity index is 1.16. The highest BCUT2D eigenvalue weighted by Gasteiger charge is 2.23. The van der Waals surface area contributed by atoms with Crippen molar-refractivity contribution in [2.45, 2.75) is 0 Å². The van der Waals surface area contributed by atoms with Gasteiger partial charge in [0.2, 0.25) is 0 Å².